The largest absolute Gasteiger partial charge is 0.497 e. The summed E-state index contributed by atoms with van der Waals surface area (Å²) in [5.41, 5.74) is 0.838. The molecule has 0 aliphatic heterocycles. The second-order valence-electron chi connectivity index (χ2n) is 4.15. The zero-order valence-corrected chi connectivity index (χ0v) is 11.6. The van der Waals surface area contributed by atoms with Crippen LogP contribution in [0.1, 0.15) is 25.5 Å². The molecule has 0 saturated carbocycles. The summed E-state index contributed by atoms with van der Waals surface area (Å²) in [6.07, 6.45) is 0. The van der Waals surface area contributed by atoms with Gasteiger partial charge in [0.1, 0.15) is 5.75 Å². The maximum absolute atomic E-state index is 11.8. The Hall–Kier alpha value is -1.11. The minimum Gasteiger partial charge on any atom is -0.497 e. The third kappa shape index (κ3) is 3.69. The molecule has 1 rings (SSSR count). The predicted octanol–water partition coefficient (Wildman–Crippen LogP) is 1.06. The molecule has 0 aromatic heterocycles. The summed E-state index contributed by atoms with van der Waals surface area (Å²) < 4.78 is 31.1. The van der Waals surface area contributed by atoms with Crippen LogP contribution >= 0.6 is 0 Å². The molecule has 0 fully saturated rings. The fraction of sp³-hybridized carbons (Fsp3) is 0.500. The molecule has 0 saturated heterocycles. The van der Waals surface area contributed by atoms with Crippen LogP contribution in [0.25, 0.3) is 0 Å². The summed E-state index contributed by atoms with van der Waals surface area (Å²) >= 11 is 0. The molecule has 0 spiro atoms. The third-order valence-corrected chi connectivity index (χ3v) is 4.63. The van der Waals surface area contributed by atoms with Crippen molar-refractivity contribution in [3.63, 3.8) is 0 Å². The third-order valence-electron chi connectivity index (χ3n) is 2.74. The van der Waals surface area contributed by atoms with E-state index in [-0.39, 0.29) is 6.04 Å². The number of hydrogen-bond acceptors (Lipinski definition) is 4. The minimum atomic E-state index is -3.50. The number of benzene rings is 1. The Bertz CT molecular complexity index is 469. The van der Waals surface area contributed by atoms with Crippen molar-refractivity contribution in [2.24, 2.45) is 0 Å². The van der Waals surface area contributed by atoms with Crippen LogP contribution in [0.5, 0.6) is 5.75 Å². The molecule has 0 aliphatic rings. The SMILES string of the molecule is COc1ccc(C(C)NS(=O)(=O)C(C)CO)cc1. The zero-order chi connectivity index (χ0) is 13.8. The molecule has 18 heavy (non-hydrogen) atoms. The van der Waals surface area contributed by atoms with Crippen LogP contribution < -0.4 is 9.46 Å². The molecular weight excluding hydrogens is 254 g/mol. The highest BCUT2D eigenvalue weighted by atomic mass is 32.2. The topological polar surface area (TPSA) is 75.6 Å². The molecule has 5 nitrogen and oxygen atoms in total. The first-order valence-electron chi connectivity index (χ1n) is 5.66. The number of nitrogens with one attached hydrogen (secondary N) is 1. The van der Waals surface area contributed by atoms with Crippen molar-refractivity contribution in [3.05, 3.63) is 29.8 Å². The Labute approximate surface area is 108 Å². The van der Waals surface area contributed by atoms with Gasteiger partial charge in [0.2, 0.25) is 10.0 Å². The first-order chi connectivity index (χ1) is 8.40. The standard InChI is InChI=1S/C12H19NO4S/c1-9(8-14)18(15,16)13-10(2)11-4-6-12(17-3)7-5-11/h4-7,9-10,13-14H,8H2,1-3H3. The van der Waals surface area contributed by atoms with Gasteiger partial charge in [-0.05, 0) is 31.5 Å². The molecule has 102 valence electrons. The van der Waals surface area contributed by atoms with Gasteiger partial charge in [0.05, 0.1) is 19.0 Å². The fourth-order valence-electron chi connectivity index (χ4n) is 1.42. The van der Waals surface area contributed by atoms with Crippen LogP contribution in [-0.2, 0) is 10.0 Å². The van der Waals surface area contributed by atoms with Gasteiger partial charge in [-0.2, -0.15) is 0 Å². The number of ether oxygens (including phenoxy) is 1. The molecule has 1 aromatic carbocycles. The van der Waals surface area contributed by atoms with Gasteiger partial charge >= 0.3 is 0 Å². The van der Waals surface area contributed by atoms with Crippen molar-refractivity contribution in [1.82, 2.24) is 4.72 Å². The average molecular weight is 273 g/mol. The van der Waals surface area contributed by atoms with Crippen molar-refractivity contribution in [2.45, 2.75) is 25.1 Å². The molecule has 0 aliphatic carbocycles. The van der Waals surface area contributed by atoms with Crippen LogP contribution in [-0.4, -0.2) is 32.5 Å². The molecule has 2 N–H and O–H groups in total. The summed E-state index contributed by atoms with van der Waals surface area (Å²) in [6.45, 7) is 2.82. The van der Waals surface area contributed by atoms with E-state index in [1.54, 1.807) is 38.3 Å². The highest BCUT2D eigenvalue weighted by molar-refractivity contribution is 7.90. The number of aliphatic hydroxyl groups is 1. The summed E-state index contributed by atoms with van der Waals surface area (Å²) in [5, 5.41) is 8.07. The van der Waals surface area contributed by atoms with E-state index < -0.39 is 21.9 Å². The molecular formula is C12H19NO4S. The molecule has 1 aromatic rings. The molecule has 2 atom stereocenters. The lowest BCUT2D eigenvalue weighted by molar-refractivity contribution is 0.294. The van der Waals surface area contributed by atoms with E-state index in [4.69, 9.17) is 9.84 Å². The highest BCUT2D eigenvalue weighted by Gasteiger charge is 2.22. The second kappa shape index (κ2) is 6.17. The lowest BCUT2D eigenvalue weighted by atomic mass is 10.1. The second-order valence-corrected chi connectivity index (χ2v) is 6.28. The lowest BCUT2D eigenvalue weighted by Gasteiger charge is -2.17. The Morgan fingerprint density at radius 2 is 1.83 bits per heavy atom. The van der Waals surface area contributed by atoms with Crippen LogP contribution in [0.2, 0.25) is 0 Å². The summed E-state index contributed by atoms with van der Waals surface area (Å²) in [7, 11) is -1.93. The maximum atomic E-state index is 11.8. The van der Waals surface area contributed by atoms with Crippen LogP contribution in [0.3, 0.4) is 0 Å². The van der Waals surface area contributed by atoms with Gasteiger partial charge in [-0.1, -0.05) is 12.1 Å². The monoisotopic (exact) mass is 273 g/mol. The zero-order valence-electron chi connectivity index (χ0n) is 10.8. The molecule has 2 unspecified atom stereocenters. The van der Waals surface area contributed by atoms with Gasteiger partial charge in [0, 0.05) is 6.04 Å². The van der Waals surface area contributed by atoms with Gasteiger partial charge in [0.25, 0.3) is 0 Å². The normalized spacial score (nSPS) is 15.1. The highest BCUT2D eigenvalue weighted by Crippen LogP contribution is 2.18. The summed E-state index contributed by atoms with van der Waals surface area (Å²) in [6, 6.07) is 6.80. The molecule has 0 heterocycles. The Morgan fingerprint density at radius 1 is 1.28 bits per heavy atom. The Balaban J connectivity index is 2.78. The average Bonchev–Trinajstić information content (AvgIpc) is 2.37. The van der Waals surface area contributed by atoms with E-state index >= 15 is 0 Å². The van der Waals surface area contributed by atoms with Crippen LogP contribution in [0, 0.1) is 0 Å². The van der Waals surface area contributed by atoms with E-state index in [9.17, 15) is 8.42 Å². The Kier molecular flexibility index (Phi) is 5.13. The van der Waals surface area contributed by atoms with E-state index in [0.717, 1.165) is 11.3 Å². The van der Waals surface area contributed by atoms with Gasteiger partial charge in [0.15, 0.2) is 0 Å². The molecule has 6 heteroatoms. The minimum absolute atomic E-state index is 0.352. The molecule has 0 amide bonds. The van der Waals surface area contributed by atoms with Crippen molar-refractivity contribution in [3.8, 4) is 5.75 Å². The summed E-state index contributed by atoms with van der Waals surface area (Å²) in [4.78, 5) is 0. The van der Waals surface area contributed by atoms with Gasteiger partial charge in [-0.25, -0.2) is 13.1 Å². The van der Waals surface area contributed by atoms with Gasteiger partial charge < -0.3 is 9.84 Å². The number of aliphatic hydroxyl groups excluding tert-OH is 1. The van der Waals surface area contributed by atoms with E-state index in [0.29, 0.717) is 0 Å². The number of hydrogen-bond donors (Lipinski definition) is 2. The Morgan fingerprint density at radius 3 is 2.28 bits per heavy atom. The van der Waals surface area contributed by atoms with Gasteiger partial charge in [-0.3, -0.25) is 0 Å². The van der Waals surface area contributed by atoms with Crippen LogP contribution in [0.15, 0.2) is 24.3 Å². The van der Waals surface area contributed by atoms with E-state index in [1.807, 2.05) is 0 Å². The van der Waals surface area contributed by atoms with Crippen molar-refractivity contribution >= 4 is 10.0 Å². The van der Waals surface area contributed by atoms with Crippen molar-refractivity contribution in [1.29, 1.82) is 0 Å². The molecule has 0 bridgehead atoms. The van der Waals surface area contributed by atoms with Crippen molar-refractivity contribution in [2.75, 3.05) is 13.7 Å². The van der Waals surface area contributed by atoms with E-state index in [2.05, 4.69) is 4.72 Å². The summed E-state index contributed by atoms with van der Waals surface area (Å²) in [5.74, 6) is 0.720. The van der Waals surface area contributed by atoms with Crippen LogP contribution in [0.4, 0.5) is 0 Å². The predicted molar refractivity (Wildman–Crippen MR) is 70.0 cm³/mol. The fourth-order valence-corrected chi connectivity index (χ4v) is 2.48. The van der Waals surface area contributed by atoms with E-state index in [1.165, 1.54) is 6.92 Å². The maximum Gasteiger partial charge on any atom is 0.217 e. The first-order valence-corrected chi connectivity index (χ1v) is 7.21. The number of methoxy groups -OCH3 is 1. The lowest BCUT2D eigenvalue weighted by Crippen LogP contribution is -2.36. The number of sulfonamides is 1. The number of rotatable bonds is 6. The first kappa shape index (κ1) is 14.9. The smallest absolute Gasteiger partial charge is 0.217 e. The van der Waals surface area contributed by atoms with Gasteiger partial charge in [-0.15, -0.1) is 0 Å². The van der Waals surface area contributed by atoms with Crippen molar-refractivity contribution < 1.29 is 18.3 Å². The molecule has 0 radical (unpaired) electrons. The quantitative estimate of drug-likeness (QED) is 0.812.